The Hall–Kier alpha value is -2.44. The highest BCUT2D eigenvalue weighted by molar-refractivity contribution is 6.38. The molecule has 0 radical (unpaired) electrons. The van der Waals surface area contributed by atoms with Gasteiger partial charge in [-0.3, -0.25) is 18.5 Å². The summed E-state index contributed by atoms with van der Waals surface area (Å²) in [6.07, 6.45) is 1.55. The first kappa shape index (κ1) is 16.4. The Morgan fingerprint density at radius 2 is 2.12 bits per heavy atom. The molecule has 0 aliphatic carbocycles. The van der Waals surface area contributed by atoms with E-state index < -0.39 is 5.47 Å². The maximum atomic E-state index is 14.3. The van der Waals surface area contributed by atoms with Crippen molar-refractivity contribution in [2.24, 2.45) is 5.92 Å². The molecule has 0 amide bonds. The molecule has 0 aliphatic rings. The molecule has 0 saturated heterocycles. The van der Waals surface area contributed by atoms with Crippen molar-refractivity contribution in [3.63, 3.8) is 0 Å². The number of ketones is 1. The molecule has 0 aliphatic heterocycles. The number of fused-ring (bicyclic) bond motifs is 3. The van der Waals surface area contributed by atoms with E-state index in [1.54, 1.807) is 32.2 Å². The molecule has 9 heteroatoms. The van der Waals surface area contributed by atoms with Gasteiger partial charge in [0.15, 0.2) is 11.4 Å². The van der Waals surface area contributed by atoms with Gasteiger partial charge >= 0.3 is 0 Å². The normalized spacial score (nSPS) is 12.3. The lowest BCUT2D eigenvalue weighted by atomic mass is 9.65. The summed E-state index contributed by atoms with van der Waals surface area (Å²) < 4.78 is 17.1. The fourth-order valence-electron chi connectivity index (χ4n) is 2.48. The lowest BCUT2D eigenvalue weighted by molar-refractivity contribution is -0.122. The average Bonchev–Trinajstić information content (AvgIpc) is 2.96. The number of hydrogen-bond donors (Lipinski definition) is 0. The van der Waals surface area contributed by atoms with Crippen LogP contribution < -0.4 is 5.56 Å². The predicted octanol–water partition coefficient (Wildman–Crippen LogP) is -0.385. The molecule has 6 nitrogen and oxygen atoms in total. The number of nitrogens with zero attached hydrogens (tertiary/aromatic N) is 4. The van der Waals surface area contributed by atoms with Crippen LogP contribution in [0.3, 0.4) is 0 Å². The van der Waals surface area contributed by atoms with Crippen LogP contribution in [0.4, 0.5) is 4.39 Å². The van der Waals surface area contributed by atoms with E-state index in [-0.39, 0.29) is 29.5 Å². The molecule has 0 aromatic carbocycles. The highest BCUT2D eigenvalue weighted by atomic mass is 19.1. The van der Waals surface area contributed by atoms with E-state index in [0.717, 1.165) is 0 Å². The first-order valence-electron chi connectivity index (χ1n) is 7.79. The third kappa shape index (κ3) is 2.64. The molecule has 3 aromatic heterocycles. The van der Waals surface area contributed by atoms with E-state index in [9.17, 15) is 14.0 Å². The zero-order valence-corrected chi connectivity index (χ0v) is 14.1. The van der Waals surface area contributed by atoms with Gasteiger partial charge in [-0.1, -0.05) is 13.8 Å². The van der Waals surface area contributed by atoms with E-state index in [0.29, 0.717) is 16.7 Å². The van der Waals surface area contributed by atoms with Crippen molar-refractivity contribution in [3.05, 3.63) is 40.4 Å². The summed E-state index contributed by atoms with van der Waals surface area (Å²) in [5.74, 6) is -0.286. The number of halogens is 1. The van der Waals surface area contributed by atoms with Gasteiger partial charge < -0.3 is 0 Å². The van der Waals surface area contributed by atoms with Crippen LogP contribution in [0.25, 0.3) is 16.7 Å². The van der Waals surface area contributed by atoms with Crippen LogP contribution in [0.15, 0.2) is 29.2 Å². The van der Waals surface area contributed by atoms with Crippen molar-refractivity contribution in [2.75, 3.05) is 0 Å². The van der Waals surface area contributed by atoms with Crippen LogP contribution in [0.2, 0.25) is 0 Å². The van der Waals surface area contributed by atoms with Crippen LogP contribution >= 0.6 is 0 Å². The molecule has 0 saturated carbocycles. The Morgan fingerprint density at radius 3 is 2.75 bits per heavy atom. The van der Waals surface area contributed by atoms with Crippen LogP contribution in [-0.2, 0) is 16.8 Å². The minimum Gasteiger partial charge on any atom is -0.297 e. The number of alkyl halides is 1. The number of carbonyl (C=O) groups is 1. The van der Waals surface area contributed by atoms with Crippen molar-refractivity contribution in [1.29, 1.82) is 0 Å². The third-order valence-corrected chi connectivity index (χ3v) is 4.00. The summed E-state index contributed by atoms with van der Waals surface area (Å²) in [7, 11) is 2.79. The van der Waals surface area contributed by atoms with Crippen molar-refractivity contribution >= 4 is 38.2 Å². The van der Waals surface area contributed by atoms with Gasteiger partial charge in [0, 0.05) is 18.2 Å². The van der Waals surface area contributed by atoms with Gasteiger partial charge in [0.2, 0.25) is 0 Å². The Kier molecular flexibility index (Phi) is 3.81. The summed E-state index contributed by atoms with van der Waals surface area (Å²) in [4.78, 5) is 29.2. The van der Waals surface area contributed by atoms with E-state index >= 15 is 0 Å². The number of Topliss-reactive ketones (excluding diaryl/α,β-unsaturated/α-hetero) is 1. The summed E-state index contributed by atoms with van der Waals surface area (Å²) in [5.41, 5.74) is -1.11. The number of rotatable bonds is 4. The number of aromatic nitrogens is 4. The molecular formula is C15H17B2FN4O2. The van der Waals surface area contributed by atoms with Crippen molar-refractivity contribution in [3.8, 4) is 0 Å². The molecule has 0 fully saturated rings. The van der Waals surface area contributed by atoms with Crippen molar-refractivity contribution < 1.29 is 9.18 Å². The molecule has 0 atom stereocenters. The molecule has 3 heterocycles. The maximum Gasteiger partial charge on any atom is 0.263 e. The molecule has 122 valence electrons. The monoisotopic (exact) mass is 326 g/mol. The summed E-state index contributed by atoms with van der Waals surface area (Å²) in [6, 6.07) is 4.78. The lowest BCUT2D eigenvalue weighted by Gasteiger charge is -2.11. The van der Waals surface area contributed by atoms with Crippen LogP contribution in [-0.4, -0.2) is 40.6 Å². The molecule has 0 N–H and O–H groups in total. The van der Waals surface area contributed by atoms with Crippen LogP contribution in [0.1, 0.15) is 19.5 Å². The van der Waals surface area contributed by atoms with Gasteiger partial charge in [0.05, 0.1) is 23.1 Å². The summed E-state index contributed by atoms with van der Waals surface area (Å²) in [5, 5.41) is 4.61. The Balaban J connectivity index is 2.39. The van der Waals surface area contributed by atoms with Gasteiger partial charge in [-0.15, -0.1) is 0 Å². The predicted molar refractivity (Wildman–Crippen MR) is 94.5 cm³/mol. The second-order valence-electron chi connectivity index (χ2n) is 6.66. The lowest BCUT2D eigenvalue weighted by Crippen LogP contribution is -2.28. The largest absolute Gasteiger partial charge is 0.297 e. The topological polar surface area (TPSA) is 69.3 Å². The minimum absolute atomic E-state index is 0.0792. The molecule has 24 heavy (non-hydrogen) atoms. The molecule has 0 spiro atoms. The van der Waals surface area contributed by atoms with Gasteiger partial charge in [-0.25, -0.2) is 4.98 Å². The number of pyridine rings is 1. The smallest absolute Gasteiger partial charge is 0.263 e. The SMILES string of the molecule is BC(B)(F)c1cc2n(CC(=O)C(C)C)c(=O)c3cccnc3n2n1. The second kappa shape index (κ2) is 5.58. The van der Waals surface area contributed by atoms with E-state index in [4.69, 9.17) is 0 Å². The molecular weight excluding hydrogens is 309 g/mol. The summed E-state index contributed by atoms with van der Waals surface area (Å²) >= 11 is 0. The number of carbonyl (C=O) groups excluding carboxylic acids is 1. The highest BCUT2D eigenvalue weighted by Gasteiger charge is 2.25. The van der Waals surface area contributed by atoms with E-state index in [2.05, 4.69) is 10.1 Å². The van der Waals surface area contributed by atoms with Crippen LogP contribution in [0, 0.1) is 5.92 Å². The number of hydrogen-bond acceptors (Lipinski definition) is 4. The minimum atomic E-state index is -1.67. The zero-order valence-electron chi connectivity index (χ0n) is 14.1. The first-order valence-corrected chi connectivity index (χ1v) is 7.79. The fourth-order valence-corrected chi connectivity index (χ4v) is 2.48. The van der Waals surface area contributed by atoms with Gasteiger partial charge in [-0.2, -0.15) is 9.61 Å². The first-order chi connectivity index (χ1) is 11.2. The van der Waals surface area contributed by atoms with Gasteiger partial charge in [0.25, 0.3) is 5.56 Å². The van der Waals surface area contributed by atoms with Crippen molar-refractivity contribution in [2.45, 2.75) is 25.9 Å². The van der Waals surface area contributed by atoms with E-state index in [1.165, 1.54) is 30.8 Å². The Bertz CT molecular complexity index is 1000. The molecule has 3 rings (SSSR count). The van der Waals surface area contributed by atoms with E-state index in [1.807, 2.05) is 0 Å². The van der Waals surface area contributed by atoms with Gasteiger partial charge in [-0.05, 0) is 12.1 Å². The third-order valence-electron chi connectivity index (χ3n) is 4.00. The maximum absolute atomic E-state index is 14.3. The molecule has 3 aromatic rings. The van der Waals surface area contributed by atoms with Crippen molar-refractivity contribution in [1.82, 2.24) is 19.2 Å². The quantitative estimate of drug-likeness (QED) is 0.613. The average molecular weight is 326 g/mol. The Morgan fingerprint density at radius 1 is 1.42 bits per heavy atom. The molecule has 0 unspecified atom stereocenters. The van der Waals surface area contributed by atoms with Crippen LogP contribution in [0.5, 0.6) is 0 Å². The fraction of sp³-hybridized carbons (Fsp3) is 0.333. The highest BCUT2D eigenvalue weighted by Crippen LogP contribution is 2.20. The Labute approximate surface area is 139 Å². The molecule has 0 bridgehead atoms. The zero-order chi connectivity index (χ0) is 17.6. The summed E-state index contributed by atoms with van der Waals surface area (Å²) in [6.45, 7) is 3.47. The second-order valence-corrected chi connectivity index (χ2v) is 6.66. The van der Waals surface area contributed by atoms with Gasteiger partial charge in [0.1, 0.15) is 21.3 Å². The standard InChI is InChI=1S/C15H17B2FN4O2/c1-8(2)10(23)7-21-12-6-11(15(16,17)18)20-22(12)13-9(14(21)24)4-3-5-19-13/h3-6,8H,7,16-17H2,1-2H3.